The van der Waals surface area contributed by atoms with Crippen LogP contribution >= 0.6 is 0 Å². The normalized spacial score (nSPS) is 11.3. The first-order chi connectivity index (χ1) is 10.7. The number of aliphatic hydroxyl groups is 1. The number of carboxylic acids is 1. The first-order valence-electron chi connectivity index (χ1n) is 7.16. The molecule has 0 fully saturated rings. The summed E-state index contributed by atoms with van der Waals surface area (Å²) in [5, 5.41) is 18.5. The minimum atomic E-state index is -1.11. The molecule has 4 nitrogen and oxygen atoms in total. The molecular weight excluding hydrogens is 299 g/mol. The van der Waals surface area contributed by atoms with E-state index in [2.05, 4.69) is 0 Å². The van der Waals surface area contributed by atoms with Crippen molar-refractivity contribution >= 4 is 5.97 Å². The van der Waals surface area contributed by atoms with Crippen LogP contribution in [0.25, 0.3) is 11.1 Å². The summed E-state index contributed by atoms with van der Waals surface area (Å²) in [6.45, 7) is 4.57. The van der Waals surface area contributed by atoms with Gasteiger partial charge in [0.15, 0.2) is 6.61 Å². The van der Waals surface area contributed by atoms with Crippen molar-refractivity contribution in [3.05, 3.63) is 53.3 Å². The summed E-state index contributed by atoms with van der Waals surface area (Å²) in [6, 6.07) is 9.60. The third-order valence-electron chi connectivity index (χ3n) is 3.53. The summed E-state index contributed by atoms with van der Waals surface area (Å²) < 4.78 is 19.5. The van der Waals surface area contributed by atoms with E-state index in [9.17, 15) is 14.3 Å². The van der Waals surface area contributed by atoms with Gasteiger partial charge < -0.3 is 14.9 Å². The van der Waals surface area contributed by atoms with Crippen LogP contribution in [0.4, 0.5) is 4.39 Å². The third-order valence-corrected chi connectivity index (χ3v) is 3.53. The second kappa shape index (κ2) is 6.38. The van der Waals surface area contributed by atoms with Gasteiger partial charge >= 0.3 is 5.97 Å². The molecule has 0 amide bonds. The van der Waals surface area contributed by atoms with Gasteiger partial charge in [0, 0.05) is 5.56 Å². The van der Waals surface area contributed by atoms with Crippen LogP contribution in [-0.4, -0.2) is 22.8 Å². The highest BCUT2D eigenvalue weighted by atomic mass is 19.1. The first-order valence-corrected chi connectivity index (χ1v) is 7.16. The lowest BCUT2D eigenvalue weighted by atomic mass is 9.93. The molecule has 2 aromatic carbocycles. The zero-order valence-corrected chi connectivity index (χ0v) is 13.3. The number of aliphatic carboxylic acids is 1. The maximum atomic E-state index is 14.4. The smallest absolute Gasteiger partial charge is 0.341 e. The van der Waals surface area contributed by atoms with Gasteiger partial charge in [-0.1, -0.05) is 18.2 Å². The van der Waals surface area contributed by atoms with Gasteiger partial charge in [-0.15, -0.1) is 0 Å². The molecule has 0 radical (unpaired) electrons. The predicted molar refractivity (Wildman–Crippen MR) is 84.9 cm³/mol. The van der Waals surface area contributed by atoms with Crippen LogP contribution in [0.2, 0.25) is 0 Å². The van der Waals surface area contributed by atoms with Crippen LogP contribution in [0.15, 0.2) is 36.4 Å². The fourth-order valence-electron chi connectivity index (χ4n) is 2.29. The topological polar surface area (TPSA) is 66.8 Å². The maximum absolute atomic E-state index is 14.4. The van der Waals surface area contributed by atoms with E-state index in [1.165, 1.54) is 6.07 Å². The quantitative estimate of drug-likeness (QED) is 0.885. The van der Waals surface area contributed by atoms with E-state index in [-0.39, 0.29) is 0 Å². The molecule has 5 heteroatoms. The molecule has 0 unspecified atom stereocenters. The highest BCUT2D eigenvalue weighted by Gasteiger charge is 2.18. The largest absolute Gasteiger partial charge is 0.482 e. The van der Waals surface area contributed by atoms with Crippen molar-refractivity contribution in [3.8, 4) is 16.9 Å². The van der Waals surface area contributed by atoms with Gasteiger partial charge in [-0.05, 0) is 55.7 Å². The molecule has 2 N–H and O–H groups in total. The van der Waals surface area contributed by atoms with Gasteiger partial charge in [-0.2, -0.15) is 0 Å². The lowest BCUT2D eigenvalue weighted by Gasteiger charge is -2.19. The number of carbonyl (C=O) groups is 1. The number of aryl methyl sites for hydroxylation is 1. The van der Waals surface area contributed by atoms with E-state index in [1.54, 1.807) is 51.1 Å². The standard InChI is InChI=1S/C18H19FO4/c1-11-8-13(23-10-17(20)21)5-7-14(11)15-6-4-12(9-16(15)19)18(2,3)22/h4-9,22H,10H2,1-3H3,(H,20,21). The Labute approximate surface area is 134 Å². The van der Waals surface area contributed by atoms with E-state index >= 15 is 0 Å². The molecule has 0 aliphatic heterocycles. The zero-order chi connectivity index (χ0) is 17.2. The maximum Gasteiger partial charge on any atom is 0.341 e. The van der Waals surface area contributed by atoms with Crippen molar-refractivity contribution in [3.63, 3.8) is 0 Å². The molecule has 0 saturated carbocycles. The highest BCUT2D eigenvalue weighted by molar-refractivity contribution is 5.70. The Morgan fingerprint density at radius 3 is 2.35 bits per heavy atom. The van der Waals surface area contributed by atoms with Crippen LogP contribution in [0, 0.1) is 12.7 Å². The van der Waals surface area contributed by atoms with Gasteiger partial charge in [-0.3, -0.25) is 0 Å². The average molecular weight is 318 g/mol. The third kappa shape index (κ3) is 4.07. The average Bonchev–Trinajstić information content (AvgIpc) is 2.44. The lowest BCUT2D eigenvalue weighted by Crippen LogP contribution is -2.15. The Hall–Kier alpha value is -2.40. The molecule has 23 heavy (non-hydrogen) atoms. The van der Waals surface area contributed by atoms with Crippen LogP contribution in [0.5, 0.6) is 5.75 Å². The van der Waals surface area contributed by atoms with E-state index in [1.807, 2.05) is 0 Å². The number of benzene rings is 2. The number of rotatable bonds is 5. The fraction of sp³-hybridized carbons (Fsp3) is 0.278. The van der Waals surface area contributed by atoms with Crippen LogP contribution in [0.3, 0.4) is 0 Å². The summed E-state index contributed by atoms with van der Waals surface area (Å²) >= 11 is 0. The SMILES string of the molecule is Cc1cc(OCC(=O)O)ccc1-c1ccc(C(C)(C)O)cc1F. The molecule has 2 aromatic rings. The Morgan fingerprint density at radius 2 is 1.83 bits per heavy atom. The molecule has 0 bridgehead atoms. The molecule has 122 valence electrons. The predicted octanol–water partition coefficient (Wildman–Crippen LogP) is 3.49. The summed E-state index contributed by atoms with van der Waals surface area (Å²) in [5.41, 5.74) is 1.26. The molecule has 0 aromatic heterocycles. The van der Waals surface area contributed by atoms with Crippen LogP contribution < -0.4 is 4.74 Å². The Morgan fingerprint density at radius 1 is 1.17 bits per heavy atom. The van der Waals surface area contributed by atoms with Crippen molar-refractivity contribution in [2.24, 2.45) is 0 Å². The minimum absolute atomic E-state index is 0.417. The molecule has 0 spiro atoms. The molecule has 0 aliphatic carbocycles. The van der Waals surface area contributed by atoms with Crippen LogP contribution in [-0.2, 0) is 10.4 Å². The number of hydrogen-bond donors (Lipinski definition) is 2. The Kier molecular flexibility index (Phi) is 4.71. The number of ether oxygens (including phenoxy) is 1. The molecule has 0 heterocycles. The molecule has 0 aliphatic rings. The summed E-state index contributed by atoms with van der Waals surface area (Å²) in [7, 11) is 0. The van der Waals surface area contributed by atoms with Gasteiger partial charge in [0.25, 0.3) is 0 Å². The Balaban J connectivity index is 2.33. The van der Waals surface area contributed by atoms with E-state index < -0.39 is 24.0 Å². The van der Waals surface area contributed by atoms with Crippen molar-refractivity contribution < 1.29 is 24.1 Å². The molecule has 2 rings (SSSR count). The summed E-state index contributed by atoms with van der Waals surface area (Å²) in [6.07, 6.45) is 0. The second-order valence-corrected chi connectivity index (χ2v) is 5.91. The van der Waals surface area contributed by atoms with Crippen molar-refractivity contribution in [2.45, 2.75) is 26.4 Å². The number of halogens is 1. The van der Waals surface area contributed by atoms with Gasteiger partial charge in [0.1, 0.15) is 11.6 Å². The number of carboxylic acid groups (broad SMARTS) is 1. The van der Waals surface area contributed by atoms with Gasteiger partial charge in [0.2, 0.25) is 0 Å². The lowest BCUT2D eigenvalue weighted by molar-refractivity contribution is -0.139. The van der Waals surface area contributed by atoms with E-state index in [0.29, 0.717) is 22.4 Å². The van der Waals surface area contributed by atoms with E-state index in [0.717, 1.165) is 5.56 Å². The first kappa shape index (κ1) is 17.0. The number of hydrogen-bond acceptors (Lipinski definition) is 3. The van der Waals surface area contributed by atoms with Crippen molar-refractivity contribution in [2.75, 3.05) is 6.61 Å². The second-order valence-electron chi connectivity index (χ2n) is 5.91. The Bertz CT molecular complexity index is 732. The zero-order valence-electron chi connectivity index (χ0n) is 13.3. The summed E-state index contributed by atoms with van der Waals surface area (Å²) in [5.74, 6) is -1.06. The fourth-order valence-corrected chi connectivity index (χ4v) is 2.29. The van der Waals surface area contributed by atoms with Gasteiger partial charge in [-0.25, -0.2) is 9.18 Å². The van der Waals surface area contributed by atoms with Gasteiger partial charge in [0.05, 0.1) is 5.60 Å². The summed E-state index contributed by atoms with van der Waals surface area (Å²) in [4.78, 5) is 10.5. The van der Waals surface area contributed by atoms with E-state index in [4.69, 9.17) is 9.84 Å². The van der Waals surface area contributed by atoms with Crippen LogP contribution in [0.1, 0.15) is 25.0 Å². The molecule has 0 saturated heterocycles. The minimum Gasteiger partial charge on any atom is -0.482 e. The monoisotopic (exact) mass is 318 g/mol. The molecular formula is C18H19FO4. The van der Waals surface area contributed by atoms with Crippen molar-refractivity contribution in [1.29, 1.82) is 0 Å². The molecule has 0 atom stereocenters. The van der Waals surface area contributed by atoms with Crippen molar-refractivity contribution in [1.82, 2.24) is 0 Å². The highest BCUT2D eigenvalue weighted by Crippen LogP contribution is 2.31.